The second-order valence-corrected chi connectivity index (χ2v) is 4.48. The van der Waals surface area contributed by atoms with Gasteiger partial charge in [0, 0.05) is 12.1 Å². The van der Waals surface area contributed by atoms with E-state index in [1.807, 2.05) is 23.8 Å². The SMILES string of the molecule is Cc1cncc(-n2c(C(C)C)n[nH]c2=S)c1. The summed E-state index contributed by atoms with van der Waals surface area (Å²) in [6.07, 6.45) is 3.62. The molecule has 1 N–H and O–H groups in total. The van der Waals surface area contributed by atoms with E-state index in [1.165, 1.54) is 0 Å². The number of nitrogens with zero attached hydrogens (tertiary/aromatic N) is 3. The molecule has 2 aromatic rings. The summed E-state index contributed by atoms with van der Waals surface area (Å²) in [5.74, 6) is 1.24. The summed E-state index contributed by atoms with van der Waals surface area (Å²) in [7, 11) is 0. The zero-order valence-electron chi connectivity index (χ0n) is 9.56. The molecule has 4 nitrogen and oxygen atoms in total. The zero-order valence-corrected chi connectivity index (χ0v) is 10.4. The highest BCUT2D eigenvalue weighted by Crippen LogP contribution is 2.17. The standard InChI is InChI=1S/C11H14N4S/c1-7(2)10-13-14-11(16)15(10)9-4-8(3)5-12-6-9/h4-7H,1-3H3,(H,14,16). The average Bonchev–Trinajstić information content (AvgIpc) is 2.60. The lowest BCUT2D eigenvalue weighted by atomic mass is 10.2. The van der Waals surface area contributed by atoms with Crippen molar-refractivity contribution in [2.75, 3.05) is 0 Å². The highest BCUT2D eigenvalue weighted by Gasteiger charge is 2.11. The molecule has 0 amide bonds. The molecule has 0 radical (unpaired) electrons. The van der Waals surface area contributed by atoms with E-state index in [-0.39, 0.29) is 0 Å². The minimum atomic E-state index is 0.313. The molecule has 0 aliphatic heterocycles. The first-order valence-electron chi connectivity index (χ1n) is 5.19. The maximum absolute atomic E-state index is 5.23. The van der Waals surface area contributed by atoms with E-state index in [2.05, 4.69) is 29.0 Å². The van der Waals surface area contributed by atoms with Crippen molar-refractivity contribution in [1.29, 1.82) is 0 Å². The Morgan fingerprint density at radius 2 is 2.12 bits per heavy atom. The molecule has 16 heavy (non-hydrogen) atoms. The summed E-state index contributed by atoms with van der Waals surface area (Å²) >= 11 is 5.23. The van der Waals surface area contributed by atoms with Gasteiger partial charge in [-0.25, -0.2) is 0 Å². The van der Waals surface area contributed by atoms with Gasteiger partial charge in [0.15, 0.2) is 4.77 Å². The number of rotatable bonds is 2. The predicted molar refractivity (Wildman–Crippen MR) is 65.4 cm³/mol. The van der Waals surface area contributed by atoms with Crippen LogP contribution in [0.3, 0.4) is 0 Å². The molecule has 2 heterocycles. The van der Waals surface area contributed by atoms with Crippen molar-refractivity contribution in [3.8, 4) is 5.69 Å². The van der Waals surface area contributed by atoms with Crippen molar-refractivity contribution in [3.05, 3.63) is 34.6 Å². The highest BCUT2D eigenvalue weighted by atomic mass is 32.1. The Morgan fingerprint density at radius 3 is 2.75 bits per heavy atom. The summed E-state index contributed by atoms with van der Waals surface area (Å²) in [6.45, 7) is 6.19. The summed E-state index contributed by atoms with van der Waals surface area (Å²) in [5.41, 5.74) is 2.07. The van der Waals surface area contributed by atoms with Crippen molar-refractivity contribution >= 4 is 12.2 Å². The number of aromatic nitrogens is 4. The molecule has 0 unspecified atom stereocenters. The molecule has 0 aliphatic carbocycles. The number of hydrogen-bond acceptors (Lipinski definition) is 3. The molecule has 0 saturated carbocycles. The maximum atomic E-state index is 5.23. The van der Waals surface area contributed by atoms with Gasteiger partial charge in [-0.05, 0) is 30.8 Å². The van der Waals surface area contributed by atoms with E-state index >= 15 is 0 Å². The Kier molecular flexibility index (Phi) is 2.87. The van der Waals surface area contributed by atoms with E-state index < -0.39 is 0 Å². The maximum Gasteiger partial charge on any atom is 0.199 e. The van der Waals surface area contributed by atoms with Crippen LogP contribution in [0.15, 0.2) is 18.5 Å². The summed E-state index contributed by atoms with van der Waals surface area (Å²) in [6, 6.07) is 2.05. The lowest BCUT2D eigenvalue weighted by Crippen LogP contribution is -2.03. The third-order valence-electron chi connectivity index (χ3n) is 2.33. The number of nitrogens with one attached hydrogen (secondary N) is 1. The van der Waals surface area contributed by atoms with E-state index in [9.17, 15) is 0 Å². The minimum Gasteiger partial charge on any atom is -0.270 e. The number of H-pyrrole nitrogens is 1. The van der Waals surface area contributed by atoms with E-state index in [4.69, 9.17) is 12.2 Å². The molecule has 5 heteroatoms. The average molecular weight is 234 g/mol. The van der Waals surface area contributed by atoms with Crippen LogP contribution in [0.2, 0.25) is 0 Å². The van der Waals surface area contributed by atoms with E-state index in [0.717, 1.165) is 17.1 Å². The molecular formula is C11H14N4S. The van der Waals surface area contributed by atoms with Crippen LogP contribution in [0.4, 0.5) is 0 Å². The summed E-state index contributed by atoms with van der Waals surface area (Å²) < 4.78 is 2.54. The third-order valence-corrected chi connectivity index (χ3v) is 2.61. The lowest BCUT2D eigenvalue weighted by molar-refractivity contribution is 0.743. The van der Waals surface area contributed by atoms with Crippen LogP contribution < -0.4 is 0 Å². The Hall–Kier alpha value is -1.49. The van der Waals surface area contributed by atoms with Crippen molar-refractivity contribution in [1.82, 2.24) is 19.7 Å². The first kappa shape index (κ1) is 11.0. The highest BCUT2D eigenvalue weighted by molar-refractivity contribution is 7.71. The molecule has 0 aliphatic rings. The largest absolute Gasteiger partial charge is 0.270 e. The first-order valence-corrected chi connectivity index (χ1v) is 5.59. The summed E-state index contributed by atoms with van der Waals surface area (Å²) in [5, 5.41) is 7.06. The topological polar surface area (TPSA) is 46.5 Å². The number of pyridine rings is 1. The Labute approximate surface area is 99.4 Å². The zero-order chi connectivity index (χ0) is 11.7. The minimum absolute atomic E-state index is 0.313. The Bertz CT molecular complexity index is 553. The number of hydrogen-bond donors (Lipinski definition) is 1. The third kappa shape index (κ3) is 1.90. The van der Waals surface area contributed by atoms with Crippen molar-refractivity contribution in [2.24, 2.45) is 0 Å². The smallest absolute Gasteiger partial charge is 0.199 e. The number of aromatic amines is 1. The fourth-order valence-corrected chi connectivity index (χ4v) is 1.85. The van der Waals surface area contributed by atoms with Gasteiger partial charge in [0.05, 0.1) is 11.9 Å². The monoisotopic (exact) mass is 234 g/mol. The molecule has 0 bridgehead atoms. The van der Waals surface area contributed by atoms with Crippen LogP contribution in [0.1, 0.15) is 31.2 Å². The van der Waals surface area contributed by atoms with E-state index in [1.54, 1.807) is 6.20 Å². The van der Waals surface area contributed by atoms with Crippen LogP contribution in [-0.4, -0.2) is 19.7 Å². The lowest BCUT2D eigenvalue weighted by Gasteiger charge is -2.08. The van der Waals surface area contributed by atoms with Crippen molar-refractivity contribution < 1.29 is 0 Å². The second kappa shape index (κ2) is 4.17. The Balaban J connectivity index is 2.63. The van der Waals surface area contributed by atoms with Crippen LogP contribution in [0.5, 0.6) is 0 Å². The van der Waals surface area contributed by atoms with Crippen molar-refractivity contribution in [2.45, 2.75) is 26.7 Å². The van der Waals surface area contributed by atoms with Gasteiger partial charge >= 0.3 is 0 Å². The van der Waals surface area contributed by atoms with Crippen LogP contribution in [0.25, 0.3) is 5.69 Å². The molecule has 0 atom stereocenters. The van der Waals surface area contributed by atoms with Gasteiger partial charge in [-0.3, -0.25) is 14.6 Å². The molecule has 0 spiro atoms. The fraction of sp³-hybridized carbons (Fsp3) is 0.364. The fourth-order valence-electron chi connectivity index (χ4n) is 1.61. The second-order valence-electron chi connectivity index (χ2n) is 4.10. The van der Waals surface area contributed by atoms with Gasteiger partial charge in [0.2, 0.25) is 0 Å². The Morgan fingerprint density at radius 1 is 1.38 bits per heavy atom. The van der Waals surface area contributed by atoms with Crippen LogP contribution in [0, 0.1) is 11.7 Å². The van der Waals surface area contributed by atoms with Crippen LogP contribution >= 0.6 is 12.2 Å². The predicted octanol–water partition coefficient (Wildman–Crippen LogP) is 2.76. The van der Waals surface area contributed by atoms with Crippen LogP contribution in [-0.2, 0) is 0 Å². The molecule has 0 saturated heterocycles. The van der Waals surface area contributed by atoms with Gasteiger partial charge in [-0.1, -0.05) is 13.8 Å². The quantitative estimate of drug-likeness (QED) is 0.813. The van der Waals surface area contributed by atoms with Gasteiger partial charge < -0.3 is 0 Å². The van der Waals surface area contributed by atoms with Gasteiger partial charge in [-0.2, -0.15) is 5.10 Å². The van der Waals surface area contributed by atoms with Gasteiger partial charge in [0.1, 0.15) is 5.82 Å². The molecule has 0 aromatic carbocycles. The van der Waals surface area contributed by atoms with Gasteiger partial charge in [-0.15, -0.1) is 0 Å². The first-order chi connectivity index (χ1) is 7.59. The van der Waals surface area contributed by atoms with Gasteiger partial charge in [0.25, 0.3) is 0 Å². The molecule has 2 aromatic heterocycles. The summed E-state index contributed by atoms with van der Waals surface area (Å²) in [4.78, 5) is 4.17. The van der Waals surface area contributed by atoms with E-state index in [0.29, 0.717) is 10.7 Å². The van der Waals surface area contributed by atoms with Crippen molar-refractivity contribution in [3.63, 3.8) is 0 Å². The molecule has 84 valence electrons. The normalized spacial score (nSPS) is 11.0. The molecule has 0 fully saturated rings. The molecule has 2 rings (SSSR count). The molecular weight excluding hydrogens is 220 g/mol. The number of aryl methyl sites for hydroxylation is 1.